The summed E-state index contributed by atoms with van der Waals surface area (Å²) in [5.41, 5.74) is 4.66. The average Bonchev–Trinajstić information content (AvgIpc) is 3.14. The van der Waals surface area contributed by atoms with Crippen LogP contribution in [0.5, 0.6) is 5.75 Å². The molecule has 0 bridgehead atoms. The number of phenols is 1. The maximum atomic E-state index is 13.4. The topological polar surface area (TPSA) is 56.7 Å². The Hall–Kier alpha value is -2.40. The van der Waals surface area contributed by atoms with E-state index in [0.717, 1.165) is 56.8 Å². The third kappa shape index (κ3) is 4.48. The molecule has 3 rings (SSSR count). The molecule has 3 N–H and O–H groups in total. The molecule has 1 aliphatic carbocycles. The molecule has 0 amide bonds. The third-order valence-corrected chi connectivity index (χ3v) is 5.26. The molecule has 1 aromatic rings. The van der Waals surface area contributed by atoms with Crippen molar-refractivity contribution in [2.75, 3.05) is 13.1 Å². The van der Waals surface area contributed by atoms with E-state index in [1.165, 1.54) is 23.8 Å². The second kappa shape index (κ2) is 9.00. The number of rotatable bonds is 6. The fourth-order valence-corrected chi connectivity index (χ4v) is 4.02. The molecule has 1 atom stereocenters. The van der Waals surface area contributed by atoms with Crippen LogP contribution < -0.4 is 10.6 Å². The van der Waals surface area contributed by atoms with Crippen molar-refractivity contribution >= 4 is 12.4 Å². The quantitative estimate of drug-likeness (QED) is 0.518. The van der Waals surface area contributed by atoms with E-state index in [0.29, 0.717) is 17.3 Å². The Balaban J connectivity index is 2.02. The monoisotopic (exact) mass is 369 g/mol. The zero-order valence-electron chi connectivity index (χ0n) is 15.7. The number of nitrogens with zero attached hydrogens (tertiary/aromatic N) is 1. The van der Waals surface area contributed by atoms with Gasteiger partial charge in [0.2, 0.25) is 0 Å². The van der Waals surface area contributed by atoms with Crippen molar-refractivity contribution in [1.29, 1.82) is 0 Å². The van der Waals surface area contributed by atoms with Gasteiger partial charge < -0.3 is 15.7 Å². The van der Waals surface area contributed by atoms with E-state index in [9.17, 15) is 9.50 Å². The molecule has 0 radical (unpaired) electrons. The van der Waals surface area contributed by atoms with Crippen molar-refractivity contribution < 1.29 is 9.50 Å². The van der Waals surface area contributed by atoms with Crippen LogP contribution >= 0.6 is 0 Å². The lowest BCUT2D eigenvalue weighted by Gasteiger charge is -2.27. The molecule has 0 unspecified atom stereocenters. The highest BCUT2D eigenvalue weighted by Gasteiger charge is 2.24. The summed E-state index contributed by atoms with van der Waals surface area (Å²) in [4.78, 5) is 4.22. The third-order valence-electron chi connectivity index (χ3n) is 5.26. The van der Waals surface area contributed by atoms with Crippen LogP contribution in [0.15, 0.2) is 52.7 Å². The second-order valence-corrected chi connectivity index (χ2v) is 7.14. The molecule has 0 aromatic heterocycles. The molecule has 2 aliphatic rings. The molecule has 1 aliphatic heterocycles. The van der Waals surface area contributed by atoms with Crippen LogP contribution in [0.2, 0.25) is 0 Å². The van der Waals surface area contributed by atoms with Gasteiger partial charge in [-0.25, -0.2) is 4.39 Å². The van der Waals surface area contributed by atoms with Crippen molar-refractivity contribution in [2.45, 2.75) is 44.6 Å². The molecule has 1 heterocycles. The van der Waals surface area contributed by atoms with Crippen LogP contribution in [-0.2, 0) is 0 Å². The van der Waals surface area contributed by atoms with Gasteiger partial charge in [0.05, 0.1) is 5.70 Å². The molecule has 27 heavy (non-hydrogen) atoms. The van der Waals surface area contributed by atoms with Gasteiger partial charge in [-0.15, -0.1) is 6.58 Å². The van der Waals surface area contributed by atoms with Gasteiger partial charge in [-0.2, -0.15) is 0 Å². The van der Waals surface area contributed by atoms with E-state index in [-0.39, 0.29) is 5.75 Å². The van der Waals surface area contributed by atoms with E-state index in [1.54, 1.807) is 6.07 Å². The van der Waals surface area contributed by atoms with E-state index >= 15 is 0 Å². The van der Waals surface area contributed by atoms with Crippen molar-refractivity contribution in [1.82, 2.24) is 10.6 Å². The lowest BCUT2D eigenvalue weighted by molar-refractivity contribution is 0.411. The summed E-state index contributed by atoms with van der Waals surface area (Å²) in [6.45, 7) is 9.66. The summed E-state index contributed by atoms with van der Waals surface area (Å²) in [5, 5.41) is 17.4. The minimum absolute atomic E-state index is 0.106. The normalized spacial score (nSPS) is 23.7. The number of aliphatic imine (C=N–C) groups is 1. The number of aromatic hydroxyl groups is 1. The van der Waals surface area contributed by atoms with Crippen molar-refractivity contribution in [3.63, 3.8) is 0 Å². The number of phenolic OH excluding ortho intramolecular Hbond substituents is 1. The van der Waals surface area contributed by atoms with E-state index in [4.69, 9.17) is 0 Å². The number of halogens is 1. The fourth-order valence-electron chi connectivity index (χ4n) is 4.02. The smallest absolute Gasteiger partial charge is 0.127 e. The van der Waals surface area contributed by atoms with Gasteiger partial charge in [0.1, 0.15) is 11.6 Å². The first kappa shape index (κ1) is 19.4. The van der Waals surface area contributed by atoms with Gasteiger partial charge in [-0.05, 0) is 68.6 Å². The summed E-state index contributed by atoms with van der Waals surface area (Å²) in [7, 11) is 0. The number of hydrogen-bond acceptors (Lipinski definition) is 4. The predicted octanol–water partition coefficient (Wildman–Crippen LogP) is 4.30. The Morgan fingerprint density at radius 2 is 2.15 bits per heavy atom. The molecule has 1 saturated carbocycles. The van der Waals surface area contributed by atoms with Gasteiger partial charge in [-0.1, -0.05) is 6.08 Å². The van der Waals surface area contributed by atoms with Gasteiger partial charge in [0, 0.05) is 36.3 Å². The van der Waals surface area contributed by atoms with Crippen LogP contribution in [0.1, 0.15) is 44.1 Å². The van der Waals surface area contributed by atoms with Gasteiger partial charge in [0.25, 0.3) is 0 Å². The summed E-state index contributed by atoms with van der Waals surface area (Å²) in [5.74, 6) is -0.573. The van der Waals surface area contributed by atoms with Gasteiger partial charge in [-0.3, -0.25) is 4.99 Å². The Morgan fingerprint density at radius 3 is 2.81 bits per heavy atom. The largest absolute Gasteiger partial charge is 0.507 e. The summed E-state index contributed by atoms with van der Waals surface area (Å²) >= 11 is 0. The first-order valence-corrected chi connectivity index (χ1v) is 9.63. The van der Waals surface area contributed by atoms with Crippen LogP contribution in [-0.4, -0.2) is 31.0 Å². The Bertz CT molecular complexity index is 776. The standard InChI is InChI=1S/C22H28FN3O/c1-3-6-20(26-16-7-5-12-25-14-16)17-8-4-9-18(17)22(24-2)19-11-10-15(23)13-21(19)27/h3,10-11,13,16,25-27H,1-2,4-9,12,14H2/b20-17+,22-18-/t16-/m1/s1. The Morgan fingerprint density at radius 1 is 1.33 bits per heavy atom. The maximum Gasteiger partial charge on any atom is 0.127 e. The highest BCUT2D eigenvalue weighted by molar-refractivity contribution is 5.78. The predicted molar refractivity (Wildman–Crippen MR) is 109 cm³/mol. The number of nitrogens with one attached hydrogen (secondary N) is 2. The van der Waals surface area contributed by atoms with Crippen LogP contribution in [0, 0.1) is 5.82 Å². The molecule has 5 heteroatoms. The molecule has 4 nitrogen and oxygen atoms in total. The lowest BCUT2D eigenvalue weighted by Crippen LogP contribution is -2.42. The first-order chi connectivity index (χ1) is 13.1. The van der Waals surface area contributed by atoms with Crippen molar-refractivity contribution in [2.24, 2.45) is 4.99 Å². The summed E-state index contributed by atoms with van der Waals surface area (Å²) < 4.78 is 13.4. The zero-order valence-corrected chi connectivity index (χ0v) is 15.7. The minimum Gasteiger partial charge on any atom is -0.507 e. The zero-order chi connectivity index (χ0) is 19.2. The van der Waals surface area contributed by atoms with Crippen molar-refractivity contribution in [3.8, 4) is 5.75 Å². The first-order valence-electron chi connectivity index (χ1n) is 9.63. The lowest BCUT2D eigenvalue weighted by atomic mass is 9.98. The minimum atomic E-state index is -0.467. The highest BCUT2D eigenvalue weighted by Crippen LogP contribution is 2.41. The molecule has 1 saturated heterocycles. The van der Waals surface area contributed by atoms with Crippen LogP contribution in [0.4, 0.5) is 4.39 Å². The molecule has 0 spiro atoms. The van der Waals surface area contributed by atoms with Crippen LogP contribution in [0.25, 0.3) is 5.70 Å². The molecular weight excluding hydrogens is 341 g/mol. The molecule has 1 aromatic carbocycles. The molecular formula is C22H28FN3O. The van der Waals surface area contributed by atoms with E-state index in [1.807, 2.05) is 6.08 Å². The Kier molecular flexibility index (Phi) is 6.45. The summed E-state index contributed by atoms with van der Waals surface area (Å²) in [6, 6.07) is 4.44. The number of hydrogen-bond donors (Lipinski definition) is 3. The molecule has 2 fully saturated rings. The SMILES string of the molecule is C=CC/C(N[C@@H]1CCCNC1)=C1/CCC/C1=C(/N=C)c1ccc(F)cc1O. The van der Waals surface area contributed by atoms with E-state index < -0.39 is 5.82 Å². The number of piperidine rings is 1. The molecule has 144 valence electrons. The maximum absolute atomic E-state index is 13.4. The fraction of sp³-hybridized carbons (Fsp3) is 0.409. The average molecular weight is 369 g/mol. The number of benzene rings is 1. The van der Waals surface area contributed by atoms with Crippen LogP contribution in [0.3, 0.4) is 0 Å². The van der Waals surface area contributed by atoms with Gasteiger partial charge >= 0.3 is 0 Å². The van der Waals surface area contributed by atoms with Gasteiger partial charge in [0.15, 0.2) is 0 Å². The van der Waals surface area contributed by atoms with E-state index in [2.05, 4.69) is 28.9 Å². The van der Waals surface area contributed by atoms with Crippen molar-refractivity contribution in [3.05, 3.63) is 59.1 Å². The second-order valence-electron chi connectivity index (χ2n) is 7.14. The number of allylic oxidation sites excluding steroid dienone is 3. The Labute approximate surface area is 160 Å². The summed E-state index contributed by atoms with van der Waals surface area (Å²) in [6.07, 6.45) is 7.83. The highest BCUT2D eigenvalue weighted by atomic mass is 19.1.